The Morgan fingerprint density at radius 1 is 1.08 bits per heavy atom. The predicted octanol–water partition coefficient (Wildman–Crippen LogP) is 3.58. The van der Waals surface area contributed by atoms with Crippen LogP contribution in [0, 0.1) is 11.3 Å². The molecule has 0 fully saturated rings. The van der Waals surface area contributed by atoms with E-state index < -0.39 is 0 Å². The van der Waals surface area contributed by atoms with Gasteiger partial charge in [0.25, 0.3) is 0 Å². The van der Waals surface area contributed by atoms with E-state index in [1.165, 1.54) is 32.1 Å². The van der Waals surface area contributed by atoms with Crippen LogP contribution in [0.1, 0.15) is 59.8 Å². The molecule has 0 amide bonds. The predicted molar refractivity (Wildman–Crippen MR) is 60.8 cm³/mol. The van der Waals surface area contributed by atoms with E-state index in [4.69, 9.17) is 5.73 Å². The lowest BCUT2D eigenvalue weighted by Crippen LogP contribution is -2.26. The van der Waals surface area contributed by atoms with Crippen molar-refractivity contribution in [3.8, 4) is 0 Å². The molecule has 0 radical (unpaired) electrons. The van der Waals surface area contributed by atoms with Crippen molar-refractivity contribution < 1.29 is 0 Å². The molecule has 1 heteroatoms. The largest absolute Gasteiger partial charge is 0.330 e. The van der Waals surface area contributed by atoms with Crippen LogP contribution >= 0.6 is 0 Å². The van der Waals surface area contributed by atoms with Gasteiger partial charge in [-0.15, -0.1) is 0 Å². The smallest absolute Gasteiger partial charge is 0.00257 e. The summed E-state index contributed by atoms with van der Waals surface area (Å²) in [6.45, 7) is 9.93. The fourth-order valence-corrected chi connectivity index (χ4v) is 2.03. The molecule has 0 heterocycles. The average Bonchev–Trinajstić information content (AvgIpc) is 2.05. The van der Waals surface area contributed by atoms with Crippen LogP contribution in [0.2, 0.25) is 0 Å². The lowest BCUT2D eigenvalue weighted by atomic mass is 9.79. The Labute approximate surface area is 84.1 Å². The van der Waals surface area contributed by atoms with Gasteiger partial charge in [0.15, 0.2) is 0 Å². The first kappa shape index (κ1) is 13.0. The Kier molecular flexibility index (Phi) is 6.40. The van der Waals surface area contributed by atoms with Crippen molar-refractivity contribution >= 4 is 0 Å². The van der Waals surface area contributed by atoms with Crippen LogP contribution in [0.4, 0.5) is 0 Å². The van der Waals surface area contributed by atoms with E-state index in [1.807, 2.05) is 0 Å². The maximum atomic E-state index is 5.75. The molecule has 80 valence electrons. The minimum absolute atomic E-state index is 0.342. The van der Waals surface area contributed by atoms with Gasteiger partial charge < -0.3 is 5.73 Å². The van der Waals surface area contributed by atoms with Gasteiger partial charge in [-0.1, -0.05) is 53.4 Å². The zero-order valence-corrected chi connectivity index (χ0v) is 9.90. The lowest BCUT2D eigenvalue weighted by molar-refractivity contribution is 0.252. The monoisotopic (exact) mass is 185 g/mol. The molecular formula is C12H27N. The van der Waals surface area contributed by atoms with Crippen molar-refractivity contribution in [1.82, 2.24) is 0 Å². The van der Waals surface area contributed by atoms with Crippen LogP contribution in [-0.4, -0.2) is 6.54 Å². The van der Waals surface area contributed by atoms with E-state index >= 15 is 0 Å². The van der Waals surface area contributed by atoms with E-state index in [0.29, 0.717) is 5.41 Å². The van der Waals surface area contributed by atoms with Crippen molar-refractivity contribution in [3.63, 3.8) is 0 Å². The van der Waals surface area contributed by atoms with Gasteiger partial charge in [0.2, 0.25) is 0 Å². The Bertz CT molecular complexity index is 112. The number of rotatable bonds is 7. The summed E-state index contributed by atoms with van der Waals surface area (Å²) in [5, 5.41) is 0. The zero-order valence-electron chi connectivity index (χ0n) is 9.90. The van der Waals surface area contributed by atoms with Gasteiger partial charge in [-0.3, -0.25) is 0 Å². The first-order valence-electron chi connectivity index (χ1n) is 5.75. The van der Waals surface area contributed by atoms with Gasteiger partial charge in [-0.2, -0.15) is 0 Å². The van der Waals surface area contributed by atoms with Gasteiger partial charge in [0.1, 0.15) is 0 Å². The topological polar surface area (TPSA) is 26.0 Å². The first-order chi connectivity index (χ1) is 6.05. The number of hydrogen-bond acceptors (Lipinski definition) is 1. The maximum absolute atomic E-state index is 5.75. The number of nitrogens with two attached hydrogens (primary N) is 1. The van der Waals surface area contributed by atoms with Crippen LogP contribution in [0.5, 0.6) is 0 Å². The lowest BCUT2D eigenvalue weighted by Gasteiger charge is -2.28. The first-order valence-corrected chi connectivity index (χ1v) is 5.75. The molecule has 0 bridgehead atoms. The Balaban J connectivity index is 3.92. The second kappa shape index (κ2) is 6.42. The van der Waals surface area contributed by atoms with Crippen molar-refractivity contribution in [2.75, 3.05) is 6.54 Å². The summed E-state index contributed by atoms with van der Waals surface area (Å²) in [5.41, 5.74) is 6.09. The van der Waals surface area contributed by atoms with Crippen molar-refractivity contribution in [2.24, 2.45) is 17.1 Å². The molecule has 0 saturated carbocycles. The molecule has 0 aromatic rings. The molecule has 0 aromatic heterocycles. The van der Waals surface area contributed by atoms with Crippen LogP contribution in [0.3, 0.4) is 0 Å². The fraction of sp³-hybridized carbons (Fsp3) is 1.00. The summed E-state index contributed by atoms with van der Waals surface area (Å²) in [6.07, 6.45) is 6.66. The van der Waals surface area contributed by atoms with E-state index in [9.17, 15) is 0 Å². The minimum atomic E-state index is 0.342. The van der Waals surface area contributed by atoms with E-state index in [-0.39, 0.29) is 0 Å². The van der Waals surface area contributed by atoms with Gasteiger partial charge in [0, 0.05) is 0 Å². The van der Waals surface area contributed by atoms with Gasteiger partial charge in [-0.05, 0) is 24.3 Å². The molecule has 0 atom stereocenters. The summed E-state index contributed by atoms with van der Waals surface area (Å²) in [7, 11) is 0. The fourth-order valence-electron chi connectivity index (χ4n) is 2.03. The summed E-state index contributed by atoms with van der Waals surface area (Å²) >= 11 is 0. The highest BCUT2D eigenvalue weighted by Crippen LogP contribution is 2.29. The molecule has 0 aromatic carbocycles. The molecule has 0 aliphatic carbocycles. The molecule has 0 aliphatic heterocycles. The summed E-state index contributed by atoms with van der Waals surface area (Å²) in [4.78, 5) is 0. The third-order valence-electron chi connectivity index (χ3n) is 2.79. The van der Waals surface area contributed by atoms with Crippen LogP contribution < -0.4 is 5.73 Å². The third kappa shape index (κ3) is 6.09. The standard InChI is InChI=1S/C12H27N/c1-5-7-11(8-6-2)9-12(3,4)10-13/h11H,5-10,13H2,1-4H3. The van der Waals surface area contributed by atoms with Crippen LogP contribution in [-0.2, 0) is 0 Å². The maximum Gasteiger partial charge on any atom is -0.00257 e. The molecule has 0 unspecified atom stereocenters. The summed E-state index contributed by atoms with van der Waals surface area (Å²) in [5.74, 6) is 0.897. The van der Waals surface area contributed by atoms with Crippen molar-refractivity contribution in [3.05, 3.63) is 0 Å². The quantitative estimate of drug-likeness (QED) is 0.644. The van der Waals surface area contributed by atoms with E-state index in [1.54, 1.807) is 0 Å². The summed E-state index contributed by atoms with van der Waals surface area (Å²) < 4.78 is 0. The molecule has 2 N–H and O–H groups in total. The second-order valence-corrected chi connectivity index (χ2v) is 5.02. The van der Waals surface area contributed by atoms with Crippen molar-refractivity contribution in [2.45, 2.75) is 59.8 Å². The van der Waals surface area contributed by atoms with Crippen LogP contribution in [0.15, 0.2) is 0 Å². The Morgan fingerprint density at radius 2 is 1.54 bits per heavy atom. The van der Waals surface area contributed by atoms with E-state index in [2.05, 4.69) is 27.7 Å². The highest BCUT2D eigenvalue weighted by molar-refractivity contribution is 4.74. The Hall–Kier alpha value is -0.0400. The molecule has 0 spiro atoms. The highest BCUT2D eigenvalue weighted by Gasteiger charge is 2.20. The van der Waals surface area contributed by atoms with Crippen molar-refractivity contribution in [1.29, 1.82) is 0 Å². The molecule has 0 rings (SSSR count). The molecule has 0 aliphatic rings. The van der Waals surface area contributed by atoms with Gasteiger partial charge >= 0.3 is 0 Å². The molecule has 0 saturated heterocycles. The van der Waals surface area contributed by atoms with E-state index in [0.717, 1.165) is 12.5 Å². The molecule has 13 heavy (non-hydrogen) atoms. The average molecular weight is 185 g/mol. The highest BCUT2D eigenvalue weighted by atomic mass is 14.6. The third-order valence-corrected chi connectivity index (χ3v) is 2.79. The molecular weight excluding hydrogens is 158 g/mol. The Morgan fingerprint density at radius 3 is 1.85 bits per heavy atom. The molecule has 1 nitrogen and oxygen atoms in total. The second-order valence-electron chi connectivity index (χ2n) is 5.02. The zero-order chi connectivity index (χ0) is 10.3. The SMILES string of the molecule is CCCC(CCC)CC(C)(C)CN. The normalized spacial score (nSPS) is 12.5. The van der Waals surface area contributed by atoms with Gasteiger partial charge in [0.05, 0.1) is 0 Å². The minimum Gasteiger partial charge on any atom is -0.330 e. The number of hydrogen-bond donors (Lipinski definition) is 1. The van der Waals surface area contributed by atoms with Gasteiger partial charge in [-0.25, -0.2) is 0 Å². The van der Waals surface area contributed by atoms with Crippen LogP contribution in [0.25, 0.3) is 0 Å². The summed E-state index contributed by atoms with van der Waals surface area (Å²) in [6, 6.07) is 0.